The zero-order valence-corrected chi connectivity index (χ0v) is 22.2. The molecule has 0 spiro atoms. The second-order valence-corrected chi connectivity index (χ2v) is 11.1. The lowest BCUT2D eigenvalue weighted by Crippen LogP contribution is -2.42. The second-order valence-electron chi connectivity index (χ2n) is 10.3. The summed E-state index contributed by atoms with van der Waals surface area (Å²) in [6.45, 7) is 6.36. The second kappa shape index (κ2) is 10.8. The molecule has 9 nitrogen and oxygen atoms in total. The molecular formula is C27H33N7O2S. The Morgan fingerprint density at radius 3 is 2.70 bits per heavy atom. The molecule has 1 aliphatic rings. The number of aromatic nitrogens is 4. The Morgan fingerprint density at radius 1 is 1.14 bits per heavy atom. The number of pyridine rings is 1. The molecule has 1 aliphatic carbocycles. The number of hydrogen-bond acceptors (Lipinski definition) is 8. The standard InChI is InChI=1S/C27H33N7O2S/c1-27(2,3)36-26(35)32-20-9-7-19(8-10-20)31-24-25-30-16-22(34(25)13-12-28-24)21-5-4-6-23(33-21)29-15-18-11-14-37-17-18/h4-6,11-14,16-17,19-20H,7-10,15H2,1-3H3,(H,28,31)(H,29,33)(H,32,35). The molecule has 10 heteroatoms. The van der Waals surface area contributed by atoms with E-state index in [9.17, 15) is 4.79 Å². The highest BCUT2D eigenvalue weighted by Gasteiger charge is 2.25. The molecule has 4 heterocycles. The van der Waals surface area contributed by atoms with Crippen molar-refractivity contribution in [3.8, 4) is 11.4 Å². The third kappa shape index (κ3) is 6.37. The summed E-state index contributed by atoms with van der Waals surface area (Å²) in [6.07, 6.45) is 8.82. The van der Waals surface area contributed by atoms with Crippen LogP contribution in [0.1, 0.15) is 52.0 Å². The topological polar surface area (TPSA) is 105 Å². The first kappa shape index (κ1) is 25.0. The molecule has 0 unspecified atom stereocenters. The van der Waals surface area contributed by atoms with Crippen LogP contribution < -0.4 is 16.0 Å². The van der Waals surface area contributed by atoms with Crippen LogP contribution >= 0.6 is 11.3 Å². The number of thiophene rings is 1. The van der Waals surface area contributed by atoms with Gasteiger partial charge in [-0.2, -0.15) is 11.3 Å². The number of imidazole rings is 1. The van der Waals surface area contributed by atoms with Crippen LogP contribution in [0.25, 0.3) is 17.0 Å². The minimum Gasteiger partial charge on any atom is -0.444 e. The molecule has 0 aromatic carbocycles. The summed E-state index contributed by atoms with van der Waals surface area (Å²) >= 11 is 1.69. The molecule has 0 radical (unpaired) electrons. The quantitative estimate of drug-likeness (QED) is 0.287. The van der Waals surface area contributed by atoms with E-state index in [1.165, 1.54) is 5.56 Å². The van der Waals surface area contributed by atoms with Gasteiger partial charge in [-0.1, -0.05) is 6.07 Å². The van der Waals surface area contributed by atoms with Crippen molar-refractivity contribution in [2.45, 2.75) is 70.7 Å². The average Bonchev–Trinajstić information content (AvgIpc) is 3.54. The van der Waals surface area contributed by atoms with E-state index >= 15 is 0 Å². The summed E-state index contributed by atoms with van der Waals surface area (Å²) in [5, 5.41) is 14.2. The molecule has 4 aromatic rings. The van der Waals surface area contributed by atoms with Gasteiger partial charge in [0.25, 0.3) is 0 Å². The Hall–Kier alpha value is -3.66. The van der Waals surface area contributed by atoms with E-state index in [-0.39, 0.29) is 18.2 Å². The summed E-state index contributed by atoms with van der Waals surface area (Å²) in [7, 11) is 0. The minimum absolute atomic E-state index is 0.126. The van der Waals surface area contributed by atoms with Crippen molar-refractivity contribution in [1.29, 1.82) is 0 Å². The highest BCUT2D eigenvalue weighted by molar-refractivity contribution is 7.07. The van der Waals surface area contributed by atoms with Gasteiger partial charge in [0.2, 0.25) is 0 Å². The van der Waals surface area contributed by atoms with Crippen molar-refractivity contribution in [1.82, 2.24) is 24.7 Å². The van der Waals surface area contributed by atoms with Crippen LogP contribution in [0.2, 0.25) is 0 Å². The third-order valence-electron chi connectivity index (χ3n) is 6.28. The molecule has 37 heavy (non-hydrogen) atoms. The van der Waals surface area contributed by atoms with Crippen molar-refractivity contribution >= 4 is 34.7 Å². The number of nitrogens with one attached hydrogen (secondary N) is 3. The van der Waals surface area contributed by atoms with E-state index in [1.807, 2.05) is 55.8 Å². The van der Waals surface area contributed by atoms with Gasteiger partial charge in [0.05, 0.1) is 17.6 Å². The fraction of sp³-hybridized carbons (Fsp3) is 0.407. The van der Waals surface area contributed by atoms with Gasteiger partial charge < -0.3 is 20.7 Å². The fourth-order valence-electron chi connectivity index (χ4n) is 4.52. The molecule has 1 fully saturated rings. The largest absolute Gasteiger partial charge is 0.444 e. The molecule has 5 rings (SSSR count). The van der Waals surface area contributed by atoms with Gasteiger partial charge in [-0.25, -0.2) is 19.7 Å². The van der Waals surface area contributed by atoms with Crippen molar-refractivity contribution in [2.24, 2.45) is 0 Å². The molecule has 0 bridgehead atoms. The van der Waals surface area contributed by atoms with Gasteiger partial charge in [0.1, 0.15) is 11.4 Å². The molecular weight excluding hydrogens is 486 g/mol. The van der Waals surface area contributed by atoms with Crippen LogP contribution in [0.3, 0.4) is 0 Å². The SMILES string of the molecule is CC(C)(C)OC(=O)NC1CCC(Nc2nccn3c(-c4cccc(NCc5ccsc5)n4)cnc23)CC1. The normalized spacial score (nSPS) is 17.9. The maximum atomic E-state index is 12.1. The molecule has 1 saturated carbocycles. The summed E-state index contributed by atoms with van der Waals surface area (Å²) in [4.78, 5) is 26.2. The van der Waals surface area contributed by atoms with Gasteiger partial charge >= 0.3 is 6.09 Å². The highest BCUT2D eigenvalue weighted by atomic mass is 32.1. The van der Waals surface area contributed by atoms with Gasteiger partial charge in [-0.3, -0.25) is 4.40 Å². The lowest BCUT2D eigenvalue weighted by molar-refractivity contribution is 0.0492. The van der Waals surface area contributed by atoms with Crippen LogP contribution in [0.15, 0.2) is 53.6 Å². The van der Waals surface area contributed by atoms with E-state index in [0.717, 1.165) is 60.9 Å². The number of alkyl carbamates (subject to hydrolysis) is 1. The molecule has 0 aliphatic heterocycles. The summed E-state index contributed by atoms with van der Waals surface area (Å²) < 4.78 is 7.42. The molecule has 4 aromatic heterocycles. The number of ether oxygens (including phenoxy) is 1. The van der Waals surface area contributed by atoms with E-state index in [2.05, 4.69) is 42.7 Å². The van der Waals surface area contributed by atoms with E-state index in [4.69, 9.17) is 9.72 Å². The number of hydrogen-bond donors (Lipinski definition) is 3. The van der Waals surface area contributed by atoms with Crippen LogP contribution in [0.5, 0.6) is 0 Å². The number of carbonyl (C=O) groups excluding carboxylic acids is 1. The zero-order valence-electron chi connectivity index (χ0n) is 21.4. The lowest BCUT2D eigenvalue weighted by atomic mass is 9.91. The predicted octanol–water partition coefficient (Wildman–Crippen LogP) is 5.71. The van der Waals surface area contributed by atoms with Crippen molar-refractivity contribution in [2.75, 3.05) is 10.6 Å². The van der Waals surface area contributed by atoms with Crippen LogP contribution in [-0.4, -0.2) is 43.1 Å². The molecule has 1 amide bonds. The Balaban J connectivity index is 1.23. The fourth-order valence-corrected chi connectivity index (χ4v) is 5.19. The summed E-state index contributed by atoms with van der Waals surface area (Å²) in [5.74, 6) is 1.58. The van der Waals surface area contributed by atoms with Crippen LogP contribution in [0, 0.1) is 0 Å². The van der Waals surface area contributed by atoms with Crippen LogP contribution in [-0.2, 0) is 11.3 Å². The van der Waals surface area contributed by atoms with Gasteiger partial charge in [0.15, 0.2) is 11.5 Å². The number of amides is 1. The number of fused-ring (bicyclic) bond motifs is 1. The van der Waals surface area contributed by atoms with E-state index in [1.54, 1.807) is 17.5 Å². The van der Waals surface area contributed by atoms with Gasteiger partial charge in [-0.15, -0.1) is 0 Å². The molecule has 194 valence electrons. The zero-order chi connectivity index (χ0) is 25.8. The van der Waals surface area contributed by atoms with Gasteiger partial charge in [0, 0.05) is 31.0 Å². The van der Waals surface area contributed by atoms with Crippen molar-refractivity contribution in [3.05, 3.63) is 59.2 Å². The monoisotopic (exact) mass is 519 g/mol. The number of rotatable bonds is 7. The van der Waals surface area contributed by atoms with Crippen molar-refractivity contribution < 1.29 is 9.53 Å². The van der Waals surface area contributed by atoms with Gasteiger partial charge in [-0.05, 0) is 81.0 Å². The minimum atomic E-state index is -0.492. The molecule has 3 N–H and O–H groups in total. The Kier molecular flexibility index (Phi) is 7.27. The van der Waals surface area contributed by atoms with E-state index < -0.39 is 5.60 Å². The first-order valence-electron chi connectivity index (χ1n) is 12.6. The Labute approximate surface area is 220 Å². The first-order valence-corrected chi connectivity index (χ1v) is 13.6. The molecule has 0 saturated heterocycles. The maximum Gasteiger partial charge on any atom is 0.407 e. The Morgan fingerprint density at radius 2 is 1.95 bits per heavy atom. The predicted molar refractivity (Wildman–Crippen MR) is 147 cm³/mol. The number of nitrogens with zero attached hydrogens (tertiary/aromatic N) is 4. The van der Waals surface area contributed by atoms with Crippen molar-refractivity contribution in [3.63, 3.8) is 0 Å². The van der Waals surface area contributed by atoms with Crippen LogP contribution in [0.4, 0.5) is 16.4 Å². The van der Waals surface area contributed by atoms with E-state index in [0.29, 0.717) is 0 Å². The summed E-state index contributed by atoms with van der Waals surface area (Å²) in [5.41, 5.74) is 3.26. The lowest BCUT2D eigenvalue weighted by Gasteiger charge is -2.30. The highest BCUT2D eigenvalue weighted by Crippen LogP contribution is 2.26. The number of carbonyl (C=O) groups is 1. The number of anilines is 2. The first-order chi connectivity index (χ1) is 17.8. The average molecular weight is 520 g/mol. The third-order valence-corrected chi connectivity index (χ3v) is 7.01. The smallest absolute Gasteiger partial charge is 0.407 e. The molecule has 0 atom stereocenters. The summed E-state index contributed by atoms with van der Waals surface area (Å²) in [6, 6.07) is 8.46. The Bertz CT molecular complexity index is 1340. The maximum absolute atomic E-state index is 12.1.